The molecule has 3 nitrogen and oxygen atoms in total. The van der Waals surface area contributed by atoms with E-state index in [1.807, 2.05) is 0 Å². The summed E-state index contributed by atoms with van der Waals surface area (Å²) in [7, 11) is -3.17. The van der Waals surface area contributed by atoms with Crippen molar-refractivity contribution in [3.8, 4) is 0 Å². The molecule has 0 fully saturated rings. The zero-order chi connectivity index (χ0) is 9.19. The Bertz CT molecular complexity index is 378. The maximum absolute atomic E-state index is 10.9. The topological polar surface area (TPSA) is 47.0 Å². The monoisotopic (exact) mass is 183 g/mol. The first-order valence-electron chi connectivity index (χ1n) is 3.32. The second-order valence-electron chi connectivity index (χ2n) is 2.41. The molecular weight excluding hydrogens is 174 g/mol. The Morgan fingerprint density at radius 3 is 2.50 bits per heavy atom. The van der Waals surface area contributed by atoms with E-state index in [0.717, 1.165) is 11.8 Å². The van der Waals surface area contributed by atoms with Crippen molar-refractivity contribution >= 4 is 15.9 Å². The number of hydrogen-bond acceptors (Lipinski definition) is 3. The van der Waals surface area contributed by atoms with Gasteiger partial charge in [-0.05, 0) is 11.6 Å². The highest BCUT2D eigenvalue weighted by Crippen LogP contribution is 2.06. The summed E-state index contributed by atoms with van der Waals surface area (Å²) in [6.45, 7) is 3.53. The van der Waals surface area contributed by atoms with Crippen molar-refractivity contribution in [2.45, 2.75) is 5.03 Å². The van der Waals surface area contributed by atoms with Crippen LogP contribution < -0.4 is 0 Å². The van der Waals surface area contributed by atoms with E-state index >= 15 is 0 Å². The van der Waals surface area contributed by atoms with Crippen LogP contribution in [0.4, 0.5) is 0 Å². The van der Waals surface area contributed by atoms with Crippen LogP contribution >= 0.6 is 0 Å². The summed E-state index contributed by atoms with van der Waals surface area (Å²) < 4.78 is 21.9. The lowest BCUT2D eigenvalue weighted by atomic mass is 10.3. The molecule has 0 amide bonds. The highest BCUT2D eigenvalue weighted by Gasteiger charge is 2.06. The molecule has 0 aliphatic rings. The van der Waals surface area contributed by atoms with Crippen LogP contribution in [0.5, 0.6) is 0 Å². The number of rotatable bonds is 2. The Balaban J connectivity index is 3.17. The third-order valence-corrected chi connectivity index (χ3v) is 2.38. The van der Waals surface area contributed by atoms with Crippen molar-refractivity contribution in [3.63, 3.8) is 0 Å². The normalized spacial score (nSPS) is 11.1. The molecule has 0 aliphatic carbocycles. The van der Waals surface area contributed by atoms with Gasteiger partial charge in [0.1, 0.15) is 0 Å². The molecule has 0 atom stereocenters. The first-order chi connectivity index (χ1) is 5.54. The third kappa shape index (κ3) is 1.92. The molecule has 4 heteroatoms. The van der Waals surface area contributed by atoms with Gasteiger partial charge < -0.3 is 0 Å². The van der Waals surface area contributed by atoms with Gasteiger partial charge in [-0.15, -0.1) is 0 Å². The zero-order valence-electron chi connectivity index (χ0n) is 6.69. The van der Waals surface area contributed by atoms with Crippen LogP contribution in [0.15, 0.2) is 29.9 Å². The van der Waals surface area contributed by atoms with E-state index in [4.69, 9.17) is 0 Å². The van der Waals surface area contributed by atoms with E-state index in [9.17, 15) is 8.42 Å². The smallest absolute Gasteiger partial charge is 0.192 e. The van der Waals surface area contributed by atoms with Gasteiger partial charge in [0, 0.05) is 12.5 Å². The maximum Gasteiger partial charge on any atom is 0.192 e. The minimum Gasteiger partial charge on any atom is -0.244 e. The van der Waals surface area contributed by atoms with Crippen LogP contribution in [0.2, 0.25) is 0 Å². The summed E-state index contributed by atoms with van der Waals surface area (Å²) in [5.74, 6) is 0. The van der Waals surface area contributed by atoms with E-state index in [-0.39, 0.29) is 5.03 Å². The SMILES string of the molecule is C=Cc1ccc(S(C)(=O)=O)nc1. The van der Waals surface area contributed by atoms with E-state index in [1.54, 1.807) is 12.1 Å². The molecule has 0 saturated heterocycles. The molecule has 0 N–H and O–H groups in total. The van der Waals surface area contributed by atoms with Gasteiger partial charge in [0.15, 0.2) is 14.9 Å². The molecule has 0 spiro atoms. The molecule has 1 rings (SSSR count). The van der Waals surface area contributed by atoms with Crippen LogP contribution in [0.3, 0.4) is 0 Å². The van der Waals surface area contributed by atoms with Crippen molar-refractivity contribution in [1.82, 2.24) is 4.98 Å². The van der Waals surface area contributed by atoms with Gasteiger partial charge in [-0.2, -0.15) is 0 Å². The molecule has 0 aromatic carbocycles. The van der Waals surface area contributed by atoms with Crippen LogP contribution in [0.25, 0.3) is 6.08 Å². The molecule has 1 aromatic heterocycles. The van der Waals surface area contributed by atoms with Crippen LogP contribution in [-0.4, -0.2) is 19.7 Å². The molecule has 0 radical (unpaired) electrons. The summed E-state index contributed by atoms with van der Waals surface area (Å²) in [6, 6.07) is 3.13. The Labute approximate surface area is 71.7 Å². The summed E-state index contributed by atoms with van der Waals surface area (Å²) in [5.41, 5.74) is 0.808. The molecule has 0 unspecified atom stereocenters. The minimum atomic E-state index is -3.17. The quantitative estimate of drug-likeness (QED) is 0.690. The number of hydrogen-bond donors (Lipinski definition) is 0. The zero-order valence-corrected chi connectivity index (χ0v) is 7.50. The summed E-state index contributed by atoms with van der Waals surface area (Å²) in [5, 5.41) is 0.0908. The average molecular weight is 183 g/mol. The van der Waals surface area contributed by atoms with Crippen molar-refractivity contribution in [2.75, 3.05) is 6.26 Å². The van der Waals surface area contributed by atoms with Crippen LogP contribution in [0, 0.1) is 0 Å². The molecule has 0 saturated carbocycles. The van der Waals surface area contributed by atoms with E-state index < -0.39 is 9.84 Å². The predicted molar refractivity (Wildman–Crippen MR) is 47.4 cm³/mol. The lowest BCUT2D eigenvalue weighted by molar-refractivity contribution is 0.598. The number of nitrogens with zero attached hydrogens (tertiary/aromatic N) is 1. The average Bonchev–Trinajstić information content (AvgIpc) is 2.03. The lowest BCUT2D eigenvalue weighted by Crippen LogP contribution is -1.99. The van der Waals surface area contributed by atoms with Crippen molar-refractivity contribution in [3.05, 3.63) is 30.5 Å². The summed E-state index contributed by atoms with van der Waals surface area (Å²) >= 11 is 0. The van der Waals surface area contributed by atoms with Crippen LogP contribution in [0.1, 0.15) is 5.56 Å². The Morgan fingerprint density at radius 1 is 1.50 bits per heavy atom. The fourth-order valence-electron chi connectivity index (χ4n) is 0.732. The fourth-order valence-corrected chi connectivity index (χ4v) is 1.29. The number of aromatic nitrogens is 1. The van der Waals surface area contributed by atoms with Crippen LogP contribution in [-0.2, 0) is 9.84 Å². The first-order valence-corrected chi connectivity index (χ1v) is 5.22. The number of pyridine rings is 1. The van der Waals surface area contributed by atoms with Crippen molar-refractivity contribution in [2.24, 2.45) is 0 Å². The second kappa shape index (κ2) is 3.06. The van der Waals surface area contributed by atoms with Gasteiger partial charge in [-0.1, -0.05) is 18.7 Å². The largest absolute Gasteiger partial charge is 0.244 e. The van der Waals surface area contributed by atoms with E-state index in [0.29, 0.717) is 0 Å². The van der Waals surface area contributed by atoms with Gasteiger partial charge in [0.25, 0.3) is 0 Å². The van der Waals surface area contributed by atoms with Gasteiger partial charge in [-0.25, -0.2) is 13.4 Å². The maximum atomic E-state index is 10.9. The molecule has 12 heavy (non-hydrogen) atoms. The number of sulfone groups is 1. The Kier molecular flexibility index (Phi) is 2.28. The van der Waals surface area contributed by atoms with Gasteiger partial charge in [0.05, 0.1) is 0 Å². The van der Waals surface area contributed by atoms with E-state index in [1.165, 1.54) is 12.3 Å². The Hall–Kier alpha value is -1.16. The standard InChI is InChI=1S/C8H9NO2S/c1-3-7-4-5-8(9-6-7)12(2,10)11/h3-6H,1H2,2H3. The molecular formula is C8H9NO2S. The highest BCUT2D eigenvalue weighted by molar-refractivity contribution is 7.90. The van der Waals surface area contributed by atoms with Gasteiger partial charge >= 0.3 is 0 Å². The molecule has 64 valence electrons. The van der Waals surface area contributed by atoms with Gasteiger partial charge in [-0.3, -0.25) is 0 Å². The summed E-state index contributed by atoms with van der Waals surface area (Å²) in [6.07, 6.45) is 4.21. The highest BCUT2D eigenvalue weighted by atomic mass is 32.2. The third-order valence-electron chi connectivity index (χ3n) is 1.37. The minimum absolute atomic E-state index is 0.0908. The van der Waals surface area contributed by atoms with E-state index in [2.05, 4.69) is 11.6 Å². The second-order valence-corrected chi connectivity index (χ2v) is 4.37. The fraction of sp³-hybridized carbons (Fsp3) is 0.125. The molecule has 0 aliphatic heterocycles. The van der Waals surface area contributed by atoms with Crippen molar-refractivity contribution in [1.29, 1.82) is 0 Å². The predicted octanol–water partition coefficient (Wildman–Crippen LogP) is 1.13. The lowest BCUT2D eigenvalue weighted by Gasteiger charge is -1.96. The summed E-state index contributed by atoms with van der Waals surface area (Å²) in [4.78, 5) is 3.76. The molecule has 1 heterocycles. The molecule has 1 aromatic rings. The Morgan fingerprint density at radius 2 is 2.17 bits per heavy atom. The van der Waals surface area contributed by atoms with Gasteiger partial charge in [0.2, 0.25) is 0 Å². The van der Waals surface area contributed by atoms with Crippen molar-refractivity contribution < 1.29 is 8.42 Å². The first kappa shape index (κ1) is 8.93. The molecule has 0 bridgehead atoms.